The second kappa shape index (κ2) is 5.47. The van der Waals surface area contributed by atoms with Crippen LogP contribution in [0.25, 0.3) is 0 Å². The van der Waals surface area contributed by atoms with Gasteiger partial charge < -0.3 is 11.1 Å². The third-order valence-corrected chi connectivity index (χ3v) is 4.10. The molecule has 2 aromatic carbocycles. The number of hydrogen-bond acceptors (Lipinski definition) is 2. The Morgan fingerprint density at radius 2 is 2.05 bits per heavy atom. The van der Waals surface area contributed by atoms with Crippen LogP contribution < -0.4 is 11.1 Å². The topological polar surface area (TPSA) is 55.1 Å². The van der Waals surface area contributed by atoms with E-state index in [0.29, 0.717) is 18.4 Å². The summed E-state index contributed by atoms with van der Waals surface area (Å²) >= 11 is 5.99. The van der Waals surface area contributed by atoms with Crippen LogP contribution in [0.15, 0.2) is 36.4 Å². The molecule has 3 rings (SSSR count). The normalized spacial score (nSPS) is 15.3. The third kappa shape index (κ3) is 2.64. The average molecular weight is 305 g/mol. The van der Waals surface area contributed by atoms with Crippen molar-refractivity contribution in [2.24, 2.45) is 5.73 Å². The molecule has 5 heteroatoms. The number of halogens is 2. The maximum absolute atomic E-state index is 13.5. The van der Waals surface area contributed by atoms with Gasteiger partial charge in [-0.05, 0) is 35.2 Å². The van der Waals surface area contributed by atoms with Gasteiger partial charge in [0, 0.05) is 12.1 Å². The van der Waals surface area contributed by atoms with E-state index in [1.807, 2.05) is 18.2 Å². The van der Waals surface area contributed by atoms with Gasteiger partial charge in [-0.2, -0.15) is 0 Å². The first-order valence-corrected chi connectivity index (χ1v) is 7.06. The van der Waals surface area contributed by atoms with Crippen LogP contribution in [0.1, 0.15) is 29.2 Å². The van der Waals surface area contributed by atoms with E-state index >= 15 is 0 Å². The molecule has 0 bridgehead atoms. The number of amides is 1. The molecule has 0 aliphatic carbocycles. The first-order valence-electron chi connectivity index (χ1n) is 6.68. The molecular formula is C16H14ClFN2O. The van der Waals surface area contributed by atoms with Crippen LogP contribution in [0, 0.1) is 5.82 Å². The summed E-state index contributed by atoms with van der Waals surface area (Å²) in [5.74, 6) is -0.456. The molecule has 21 heavy (non-hydrogen) atoms. The number of anilines is 1. The summed E-state index contributed by atoms with van der Waals surface area (Å²) in [4.78, 5) is 11.4. The van der Waals surface area contributed by atoms with Crippen LogP contribution in [-0.2, 0) is 11.2 Å². The van der Waals surface area contributed by atoms with Gasteiger partial charge >= 0.3 is 0 Å². The summed E-state index contributed by atoms with van der Waals surface area (Å²) in [5.41, 5.74) is 9.45. The standard InChI is InChI=1S/C16H14ClFN2O/c17-15-11(2-1-3-12(15)18)16(19)10-4-6-13-9(8-10)5-7-14(21)20-13/h1-4,6,8,16H,5,7,19H2,(H,20,21). The number of hydrogen-bond donors (Lipinski definition) is 2. The first-order chi connectivity index (χ1) is 10.1. The Bertz CT molecular complexity index is 717. The molecule has 108 valence electrons. The maximum Gasteiger partial charge on any atom is 0.224 e. The molecule has 1 unspecified atom stereocenters. The predicted octanol–water partition coefficient (Wildman–Crippen LogP) is 3.41. The Morgan fingerprint density at radius 1 is 1.24 bits per heavy atom. The van der Waals surface area contributed by atoms with Crippen LogP contribution in [0.3, 0.4) is 0 Å². The van der Waals surface area contributed by atoms with Crippen molar-refractivity contribution in [1.82, 2.24) is 0 Å². The zero-order chi connectivity index (χ0) is 15.0. The molecule has 0 saturated carbocycles. The molecule has 1 atom stereocenters. The van der Waals surface area contributed by atoms with E-state index in [2.05, 4.69) is 5.32 Å². The Hall–Kier alpha value is -1.91. The van der Waals surface area contributed by atoms with Gasteiger partial charge in [-0.3, -0.25) is 4.79 Å². The summed E-state index contributed by atoms with van der Waals surface area (Å²) in [6.07, 6.45) is 1.14. The van der Waals surface area contributed by atoms with Crippen molar-refractivity contribution in [3.05, 3.63) is 63.9 Å². The highest BCUT2D eigenvalue weighted by atomic mass is 35.5. The number of rotatable bonds is 2. The van der Waals surface area contributed by atoms with E-state index in [1.165, 1.54) is 6.07 Å². The number of carbonyl (C=O) groups excluding carboxylic acids is 1. The molecule has 0 aromatic heterocycles. The fourth-order valence-electron chi connectivity index (χ4n) is 2.54. The lowest BCUT2D eigenvalue weighted by Gasteiger charge is -2.20. The number of fused-ring (bicyclic) bond motifs is 1. The van der Waals surface area contributed by atoms with E-state index in [4.69, 9.17) is 17.3 Å². The fourth-order valence-corrected chi connectivity index (χ4v) is 2.78. The maximum atomic E-state index is 13.5. The predicted molar refractivity (Wildman–Crippen MR) is 80.8 cm³/mol. The Balaban J connectivity index is 1.97. The first kappa shape index (κ1) is 14.0. The van der Waals surface area contributed by atoms with Gasteiger partial charge in [0.05, 0.1) is 11.1 Å². The number of nitrogens with two attached hydrogens (primary N) is 1. The van der Waals surface area contributed by atoms with Crippen molar-refractivity contribution < 1.29 is 9.18 Å². The van der Waals surface area contributed by atoms with Crippen molar-refractivity contribution >= 4 is 23.2 Å². The molecule has 2 aromatic rings. The van der Waals surface area contributed by atoms with Gasteiger partial charge in [-0.15, -0.1) is 0 Å². The van der Waals surface area contributed by atoms with E-state index < -0.39 is 11.9 Å². The molecule has 0 radical (unpaired) electrons. The van der Waals surface area contributed by atoms with Crippen LogP contribution in [0.4, 0.5) is 10.1 Å². The van der Waals surface area contributed by atoms with Gasteiger partial charge in [-0.25, -0.2) is 4.39 Å². The zero-order valence-electron chi connectivity index (χ0n) is 11.2. The second-order valence-electron chi connectivity index (χ2n) is 5.09. The highest BCUT2D eigenvalue weighted by Gasteiger charge is 2.19. The number of aryl methyl sites for hydroxylation is 1. The molecule has 1 heterocycles. The minimum atomic E-state index is -0.504. The quantitative estimate of drug-likeness (QED) is 0.893. The largest absolute Gasteiger partial charge is 0.326 e. The monoisotopic (exact) mass is 304 g/mol. The van der Waals surface area contributed by atoms with Crippen molar-refractivity contribution in [3.63, 3.8) is 0 Å². The zero-order valence-corrected chi connectivity index (χ0v) is 12.0. The fraction of sp³-hybridized carbons (Fsp3) is 0.188. The van der Waals surface area contributed by atoms with Crippen molar-refractivity contribution in [3.8, 4) is 0 Å². The van der Waals surface area contributed by atoms with E-state index in [0.717, 1.165) is 16.8 Å². The molecule has 1 aliphatic rings. The van der Waals surface area contributed by atoms with E-state index in [-0.39, 0.29) is 10.9 Å². The molecule has 3 N–H and O–H groups in total. The Kier molecular flexibility index (Phi) is 3.66. The second-order valence-corrected chi connectivity index (χ2v) is 5.46. The number of carbonyl (C=O) groups is 1. The van der Waals surface area contributed by atoms with Crippen molar-refractivity contribution in [2.45, 2.75) is 18.9 Å². The minimum absolute atomic E-state index is 0.0210. The molecule has 0 saturated heterocycles. The Morgan fingerprint density at radius 3 is 2.86 bits per heavy atom. The molecule has 0 spiro atoms. The van der Waals surface area contributed by atoms with Crippen LogP contribution >= 0.6 is 11.6 Å². The number of nitrogens with one attached hydrogen (secondary N) is 1. The molecule has 1 aliphatic heterocycles. The number of benzene rings is 2. The summed E-state index contributed by atoms with van der Waals surface area (Å²) in [6, 6.07) is 9.72. The van der Waals surface area contributed by atoms with Gasteiger partial charge in [0.25, 0.3) is 0 Å². The molecule has 1 amide bonds. The highest BCUT2D eigenvalue weighted by Crippen LogP contribution is 2.31. The lowest BCUT2D eigenvalue weighted by Crippen LogP contribution is -2.20. The van der Waals surface area contributed by atoms with Gasteiger partial charge in [-0.1, -0.05) is 35.9 Å². The van der Waals surface area contributed by atoms with Crippen molar-refractivity contribution in [2.75, 3.05) is 5.32 Å². The minimum Gasteiger partial charge on any atom is -0.326 e. The molecular weight excluding hydrogens is 291 g/mol. The Labute approximate surface area is 126 Å². The summed E-state index contributed by atoms with van der Waals surface area (Å²) in [6.45, 7) is 0. The van der Waals surface area contributed by atoms with E-state index in [9.17, 15) is 9.18 Å². The van der Waals surface area contributed by atoms with Gasteiger partial charge in [0.2, 0.25) is 5.91 Å². The lowest BCUT2D eigenvalue weighted by atomic mass is 9.94. The van der Waals surface area contributed by atoms with E-state index in [1.54, 1.807) is 12.1 Å². The molecule has 3 nitrogen and oxygen atoms in total. The van der Waals surface area contributed by atoms with Gasteiger partial charge in [0.15, 0.2) is 0 Å². The molecule has 0 fully saturated rings. The van der Waals surface area contributed by atoms with Crippen LogP contribution in [-0.4, -0.2) is 5.91 Å². The SMILES string of the molecule is NC(c1ccc2c(c1)CCC(=O)N2)c1cccc(F)c1Cl. The lowest BCUT2D eigenvalue weighted by molar-refractivity contribution is -0.116. The summed E-state index contributed by atoms with van der Waals surface area (Å²) in [7, 11) is 0. The summed E-state index contributed by atoms with van der Waals surface area (Å²) in [5, 5.41) is 2.87. The smallest absolute Gasteiger partial charge is 0.224 e. The van der Waals surface area contributed by atoms with Crippen molar-refractivity contribution in [1.29, 1.82) is 0 Å². The average Bonchev–Trinajstić information content (AvgIpc) is 2.49. The summed E-state index contributed by atoms with van der Waals surface area (Å²) < 4.78 is 13.5. The highest BCUT2D eigenvalue weighted by molar-refractivity contribution is 6.31. The third-order valence-electron chi connectivity index (χ3n) is 3.70. The van der Waals surface area contributed by atoms with Gasteiger partial charge in [0.1, 0.15) is 5.82 Å². The van der Waals surface area contributed by atoms with Crippen LogP contribution in [0.2, 0.25) is 5.02 Å². The van der Waals surface area contributed by atoms with Crippen LogP contribution in [0.5, 0.6) is 0 Å².